The summed E-state index contributed by atoms with van der Waals surface area (Å²) in [5.74, 6) is -1.45. The van der Waals surface area contributed by atoms with Crippen molar-refractivity contribution in [1.82, 2.24) is 14.5 Å². The van der Waals surface area contributed by atoms with Crippen LogP contribution in [-0.4, -0.2) is 20.9 Å². The van der Waals surface area contributed by atoms with Crippen molar-refractivity contribution < 1.29 is 14.0 Å². The van der Waals surface area contributed by atoms with Gasteiger partial charge in [-0.1, -0.05) is 57.9 Å². The molecule has 0 unspecified atom stereocenters. The number of nitrogens with zero attached hydrogens (tertiary/aromatic N) is 2. The van der Waals surface area contributed by atoms with Gasteiger partial charge in [-0.2, -0.15) is 0 Å². The largest absolute Gasteiger partial charge is 0.352 e. The molecule has 0 radical (unpaired) electrons. The normalized spacial score (nSPS) is 10.9. The summed E-state index contributed by atoms with van der Waals surface area (Å²) in [6.07, 6.45) is 0.372. The van der Waals surface area contributed by atoms with E-state index in [4.69, 9.17) is 0 Å². The zero-order valence-corrected chi connectivity index (χ0v) is 22.3. The lowest BCUT2D eigenvalue weighted by Crippen LogP contribution is -2.42. The van der Waals surface area contributed by atoms with Crippen LogP contribution in [0, 0.1) is 12.7 Å². The summed E-state index contributed by atoms with van der Waals surface area (Å²) < 4.78 is 16.9. The standard InChI is InChI=1S/C28H26BrFN4O4/c1-18-8-10-19(11-9-18)16-31-25(35)7-4-14-33-27(37)21-5-2-3-6-24(21)34(28(33)38)17-26(36)32-23-13-12-20(29)15-22(23)30/h2-3,5-6,8-13,15H,4,7,14,16-17H2,1H3,(H,31,35)(H,32,36). The first-order valence-corrected chi connectivity index (χ1v) is 12.8. The highest BCUT2D eigenvalue weighted by atomic mass is 79.9. The van der Waals surface area contributed by atoms with Crippen LogP contribution in [0.15, 0.2) is 80.8 Å². The molecule has 0 atom stereocenters. The number of halogens is 2. The Labute approximate surface area is 226 Å². The Morgan fingerprint density at radius 3 is 2.42 bits per heavy atom. The number of rotatable bonds is 9. The van der Waals surface area contributed by atoms with Crippen molar-refractivity contribution in [2.24, 2.45) is 0 Å². The number of benzene rings is 3. The Balaban J connectivity index is 1.48. The van der Waals surface area contributed by atoms with Gasteiger partial charge in [0.05, 0.1) is 16.6 Å². The van der Waals surface area contributed by atoms with E-state index in [1.165, 1.54) is 16.7 Å². The number of nitrogens with one attached hydrogen (secondary N) is 2. The molecule has 1 heterocycles. The van der Waals surface area contributed by atoms with Crippen LogP contribution in [-0.2, 0) is 29.2 Å². The third kappa shape index (κ3) is 6.44. The maximum atomic E-state index is 14.2. The van der Waals surface area contributed by atoms with E-state index in [9.17, 15) is 23.6 Å². The molecule has 0 saturated heterocycles. The first-order valence-electron chi connectivity index (χ1n) is 12.0. The SMILES string of the molecule is Cc1ccc(CNC(=O)CCCn2c(=O)c3ccccc3n(CC(=O)Nc3ccc(Br)cc3F)c2=O)cc1. The maximum absolute atomic E-state index is 14.2. The molecule has 1 aromatic heterocycles. The van der Waals surface area contributed by atoms with Gasteiger partial charge in [-0.25, -0.2) is 9.18 Å². The third-order valence-corrected chi connectivity index (χ3v) is 6.53. The van der Waals surface area contributed by atoms with Crippen LogP contribution in [0.1, 0.15) is 24.0 Å². The molecule has 2 N–H and O–H groups in total. The zero-order valence-electron chi connectivity index (χ0n) is 20.7. The van der Waals surface area contributed by atoms with Gasteiger partial charge in [0.1, 0.15) is 12.4 Å². The Morgan fingerprint density at radius 2 is 1.68 bits per heavy atom. The van der Waals surface area contributed by atoms with Crippen molar-refractivity contribution in [3.63, 3.8) is 0 Å². The highest BCUT2D eigenvalue weighted by Crippen LogP contribution is 2.19. The summed E-state index contributed by atoms with van der Waals surface area (Å²) in [5, 5.41) is 5.56. The molecular weight excluding hydrogens is 555 g/mol. The van der Waals surface area contributed by atoms with Gasteiger partial charge < -0.3 is 10.6 Å². The molecule has 8 nitrogen and oxygen atoms in total. The average Bonchev–Trinajstić information content (AvgIpc) is 2.90. The van der Waals surface area contributed by atoms with Crippen molar-refractivity contribution in [1.29, 1.82) is 0 Å². The first-order chi connectivity index (χ1) is 18.2. The molecule has 3 aromatic carbocycles. The number of para-hydroxylation sites is 1. The lowest BCUT2D eigenvalue weighted by Gasteiger charge is -2.14. The second-order valence-corrected chi connectivity index (χ2v) is 9.80. The molecule has 4 aromatic rings. The van der Waals surface area contributed by atoms with Crippen LogP contribution in [0.2, 0.25) is 0 Å². The zero-order chi connectivity index (χ0) is 27.2. The van der Waals surface area contributed by atoms with Crippen molar-refractivity contribution in [3.8, 4) is 0 Å². The minimum absolute atomic E-state index is 0.00338. The van der Waals surface area contributed by atoms with Crippen LogP contribution >= 0.6 is 15.9 Å². The van der Waals surface area contributed by atoms with Gasteiger partial charge in [-0.3, -0.25) is 23.5 Å². The number of hydrogen-bond acceptors (Lipinski definition) is 4. The van der Waals surface area contributed by atoms with Crippen LogP contribution in [0.3, 0.4) is 0 Å². The monoisotopic (exact) mass is 580 g/mol. The number of hydrogen-bond donors (Lipinski definition) is 2. The predicted molar refractivity (Wildman–Crippen MR) is 147 cm³/mol. The maximum Gasteiger partial charge on any atom is 0.331 e. The van der Waals surface area contributed by atoms with Gasteiger partial charge in [0.2, 0.25) is 11.8 Å². The number of aryl methyl sites for hydroxylation is 1. The van der Waals surface area contributed by atoms with E-state index >= 15 is 0 Å². The molecule has 0 aliphatic rings. The Morgan fingerprint density at radius 1 is 0.947 bits per heavy atom. The summed E-state index contributed by atoms with van der Waals surface area (Å²) in [6.45, 7) is 1.95. The molecular formula is C28H26BrFN4O4. The molecule has 0 bridgehead atoms. The van der Waals surface area contributed by atoms with Crippen LogP contribution < -0.4 is 21.9 Å². The van der Waals surface area contributed by atoms with E-state index in [0.29, 0.717) is 16.5 Å². The van der Waals surface area contributed by atoms with Crippen molar-refractivity contribution in [2.45, 2.75) is 39.4 Å². The van der Waals surface area contributed by atoms with E-state index in [1.807, 2.05) is 31.2 Å². The number of fused-ring (bicyclic) bond motifs is 1. The predicted octanol–water partition coefficient (Wildman–Crippen LogP) is 4.11. The van der Waals surface area contributed by atoms with E-state index < -0.39 is 29.5 Å². The minimum atomic E-state index is -0.680. The number of anilines is 1. The smallest absolute Gasteiger partial charge is 0.331 e. The van der Waals surface area contributed by atoms with Crippen molar-refractivity contribution in [3.05, 3.63) is 109 Å². The fourth-order valence-electron chi connectivity index (χ4n) is 4.04. The quantitative estimate of drug-likeness (QED) is 0.311. The fraction of sp³-hybridized carbons (Fsp3) is 0.214. The first kappa shape index (κ1) is 27.0. The topological polar surface area (TPSA) is 102 Å². The van der Waals surface area contributed by atoms with Gasteiger partial charge >= 0.3 is 5.69 Å². The lowest BCUT2D eigenvalue weighted by atomic mass is 10.1. The summed E-state index contributed by atoms with van der Waals surface area (Å²) >= 11 is 3.16. The Kier molecular flexibility index (Phi) is 8.52. The number of amides is 2. The molecule has 196 valence electrons. The molecule has 10 heteroatoms. The highest BCUT2D eigenvalue weighted by Gasteiger charge is 2.16. The van der Waals surface area contributed by atoms with Gasteiger partial charge in [-0.15, -0.1) is 0 Å². The highest BCUT2D eigenvalue weighted by molar-refractivity contribution is 9.10. The molecule has 0 saturated carbocycles. The molecule has 0 fully saturated rings. The van der Waals surface area contributed by atoms with E-state index in [2.05, 4.69) is 26.6 Å². The second-order valence-electron chi connectivity index (χ2n) is 8.88. The van der Waals surface area contributed by atoms with Crippen LogP contribution in [0.4, 0.5) is 10.1 Å². The summed E-state index contributed by atoms with van der Waals surface area (Å²) in [5.41, 5.74) is 1.19. The Bertz CT molecular complexity index is 1610. The summed E-state index contributed by atoms with van der Waals surface area (Å²) in [4.78, 5) is 51.4. The molecule has 0 spiro atoms. The number of carbonyl (C=O) groups excluding carboxylic acids is 2. The van der Waals surface area contributed by atoms with Gasteiger partial charge in [0.15, 0.2) is 0 Å². The van der Waals surface area contributed by atoms with Gasteiger partial charge in [0, 0.05) is 24.0 Å². The van der Waals surface area contributed by atoms with Crippen molar-refractivity contribution >= 4 is 44.3 Å². The fourth-order valence-corrected chi connectivity index (χ4v) is 4.37. The summed E-state index contributed by atoms with van der Waals surface area (Å²) in [7, 11) is 0. The minimum Gasteiger partial charge on any atom is -0.352 e. The lowest BCUT2D eigenvalue weighted by molar-refractivity contribution is -0.121. The van der Waals surface area contributed by atoms with Gasteiger partial charge in [0.25, 0.3) is 5.56 Å². The summed E-state index contributed by atoms with van der Waals surface area (Å²) in [6, 6.07) is 18.5. The number of carbonyl (C=O) groups is 2. The van der Waals surface area contributed by atoms with Gasteiger partial charge in [-0.05, 0) is 49.2 Å². The van der Waals surface area contributed by atoms with Crippen molar-refractivity contribution in [2.75, 3.05) is 5.32 Å². The second kappa shape index (κ2) is 12.0. The van der Waals surface area contributed by atoms with E-state index in [-0.39, 0.29) is 36.4 Å². The Hall–Kier alpha value is -4.05. The molecule has 2 amide bonds. The number of aromatic nitrogens is 2. The average molecular weight is 581 g/mol. The molecule has 38 heavy (non-hydrogen) atoms. The third-order valence-electron chi connectivity index (χ3n) is 6.03. The molecule has 4 rings (SSSR count). The van der Waals surface area contributed by atoms with E-state index in [0.717, 1.165) is 15.7 Å². The van der Waals surface area contributed by atoms with Crippen LogP contribution in [0.25, 0.3) is 10.9 Å². The van der Waals surface area contributed by atoms with E-state index in [1.54, 1.807) is 30.3 Å². The molecule has 0 aliphatic carbocycles. The molecule has 0 aliphatic heterocycles. The van der Waals surface area contributed by atoms with Crippen LogP contribution in [0.5, 0.6) is 0 Å².